The molecule has 0 N–H and O–H groups in total. The smallest absolute Gasteiger partial charge is 0.333 e. The number of fused-ring (bicyclic) bond motifs is 3. The highest BCUT2D eigenvalue weighted by Gasteiger charge is 2.69. The van der Waals surface area contributed by atoms with Crippen molar-refractivity contribution < 1.29 is 23.9 Å². The molecule has 28 heavy (non-hydrogen) atoms. The maximum Gasteiger partial charge on any atom is 0.333 e. The molecule has 1 saturated heterocycles. The molecule has 2 aromatic carbocycles. The lowest BCUT2D eigenvalue weighted by Crippen LogP contribution is -2.69. The van der Waals surface area contributed by atoms with E-state index in [1.54, 1.807) is 13.8 Å². The Hall–Kier alpha value is -2.89. The molecule has 146 valence electrons. The van der Waals surface area contributed by atoms with Gasteiger partial charge in [-0.1, -0.05) is 24.3 Å². The fraction of sp³-hybridized carbons (Fsp3) is 0.409. The Kier molecular flexibility index (Phi) is 4.17. The minimum absolute atomic E-state index is 0.153. The number of hydrogen-bond acceptors (Lipinski definition) is 5. The molecule has 0 saturated carbocycles. The predicted octanol–water partition coefficient (Wildman–Crippen LogP) is 2.71. The molecule has 6 nitrogen and oxygen atoms in total. The number of methoxy groups -OCH3 is 1. The summed E-state index contributed by atoms with van der Waals surface area (Å²) in [5.41, 5.74) is -1.19. The minimum atomic E-state index is -1.40. The lowest BCUT2D eigenvalue weighted by Gasteiger charge is -2.51. The van der Waals surface area contributed by atoms with Crippen LogP contribution in [0.2, 0.25) is 0 Å². The summed E-state index contributed by atoms with van der Waals surface area (Å²) < 4.78 is 10.6. The molecule has 2 heterocycles. The summed E-state index contributed by atoms with van der Waals surface area (Å²) in [5.74, 6) is -1.25. The number of carbonyl (C=O) groups is 3. The standard InChI is InChI=1S/C22H23NO5/c1-4-28-19(25)21(2)17-12-15-8-6-5-7-14(15)11-16(17)13-23-18(24)9-10-22(21,23)20(26)27-3/h5-8,11-12H,4,9-10,13H2,1-3H3/t21-,22-/m0/s1. The van der Waals surface area contributed by atoms with Gasteiger partial charge in [-0.05, 0) is 54.3 Å². The fourth-order valence-corrected chi connectivity index (χ4v) is 4.93. The van der Waals surface area contributed by atoms with Gasteiger partial charge in [-0.15, -0.1) is 0 Å². The zero-order valence-corrected chi connectivity index (χ0v) is 16.3. The zero-order chi connectivity index (χ0) is 20.1. The molecule has 4 rings (SSSR count). The third-order valence-corrected chi connectivity index (χ3v) is 6.34. The van der Waals surface area contributed by atoms with Gasteiger partial charge in [-0.3, -0.25) is 9.59 Å². The molecule has 0 aromatic heterocycles. The topological polar surface area (TPSA) is 72.9 Å². The van der Waals surface area contributed by atoms with Crippen LogP contribution in [0.25, 0.3) is 10.8 Å². The van der Waals surface area contributed by atoms with Gasteiger partial charge >= 0.3 is 11.9 Å². The van der Waals surface area contributed by atoms with Crippen molar-refractivity contribution in [1.82, 2.24) is 4.90 Å². The normalized spacial score (nSPS) is 26.0. The highest BCUT2D eigenvalue weighted by molar-refractivity contribution is 6.03. The Bertz CT molecular complexity index is 1000. The highest BCUT2D eigenvalue weighted by Crippen LogP contribution is 2.53. The quantitative estimate of drug-likeness (QED) is 0.765. The van der Waals surface area contributed by atoms with Crippen molar-refractivity contribution in [3.05, 3.63) is 47.5 Å². The number of hydrogen-bond donors (Lipinski definition) is 0. The van der Waals surface area contributed by atoms with Crippen molar-refractivity contribution in [3.8, 4) is 0 Å². The van der Waals surface area contributed by atoms with Crippen LogP contribution in [0.4, 0.5) is 0 Å². The summed E-state index contributed by atoms with van der Waals surface area (Å²) in [6.45, 7) is 3.89. The Morgan fingerprint density at radius 3 is 2.46 bits per heavy atom. The molecular weight excluding hydrogens is 358 g/mol. The molecule has 1 amide bonds. The van der Waals surface area contributed by atoms with Gasteiger partial charge in [-0.25, -0.2) is 4.79 Å². The van der Waals surface area contributed by atoms with Crippen molar-refractivity contribution in [2.45, 2.75) is 44.2 Å². The molecule has 0 radical (unpaired) electrons. The van der Waals surface area contributed by atoms with Crippen molar-refractivity contribution >= 4 is 28.6 Å². The van der Waals surface area contributed by atoms with E-state index in [0.29, 0.717) is 0 Å². The van der Waals surface area contributed by atoms with Crippen LogP contribution < -0.4 is 0 Å². The van der Waals surface area contributed by atoms with Crippen molar-refractivity contribution in [2.75, 3.05) is 13.7 Å². The lowest BCUT2D eigenvalue weighted by atomic mass is 9.61. The van der Waals surface area contributed by atoms with Gasteiger partial charge in [-0.2, -0.15) is 0 Å². The fourth-order valence-electron chi connectivity index (χ4n) is 4.93. The van der Waals surface area contributed by atoms with Gasteiger partial charge in [0.05, 0.1) is 13.7 Å². The van der Waals surface area contributed by atoms with E-state index in [1.807, 2.05) is 36.4 Å². The Balaban J connectivity index is 2.06. The van der Waals surface area contributed by atoms with Crippen LogP contribution in [0.5, 0.6) is 0 Å². The SMILES string of the molecule is CCOC(=O)[C@]1(C)c2cc3ccccc3cc2CN2C(=O)CC[C@@]21C(=O)OC. The van der Waals surface area contributed by atoms with Gasteiger partial charge < -0.3 is 14.4 Å². The molecule has 0 unspecified atom stereocenters. The number of benzene rings is 2. The summed E-state index contributed by atoms with van der Waals surface area (Å²) in [4.78, 5) is 40.7. The summed E-state index contributed by atoms with van der Waals surface area (Å²) in [6.07, 6.45) is 0.414. The van der Waals surface area contributed by atoms with Crippen LogP contribution in [0.1, 0.15) is 37.8 Å². The highest BCUT2D eigenvalue weighted by atomic mass is 16.5. The second kappa shape index (κ2) is 6.33. The summed E-state index contributed by atoms with van der Waals surface area (Å²) >= 11 is 0. The molecule has 2 aliphatic heterocycles. The van der Waals surface area contributed by atoms with E-state index >= 15 is 0 Å². The van der Waals surface area contributed by atoms with Gasteiger partial charge in [0.15, 0.2) is 5.54 Å². The van der Waals surface area contributed by atoms with Gasteiger partial charge in [0, 0.05) is 13.0 Å². The van der Waals surface area contributed by atoms with Crippen LogP contribution >= 0.6 is 0 Å². The number of amides is 1. The van der Waals surface area contributed by atoms with E-state index < -0.39 is 22.9 Å². The van der Waals surface area contributed by atoms with Crippen LogP contribution in [0.3, 0.4) is 0 Å². The average Bonchev–Trinajstić information content (AvgIpc) is 3.04. The van der Waals surface area contributed by atoms with E-state index in [2.05, 4.69) is 0 Å². The molecule has 6 heteroatoms. The summed E-state index contributed by atoms with van der Waals surface area (Å²) in [7, 11) is 1.29. The van der Waals surface area contributed by atoms with Crippen LogP contribution in [0.15, 0.2) is 36.4 Å². The predicted molar refractivity (Wildman–Crippen MR) is 102 cm³/mol. The van der Waals surface area contributed by atoms with Crippen molar-refractivity contribution in [3.63, 3.8) is 0 Å². The molecule has 0 spiro atoms. The van der Waals surface area contributed by atoms with Gasteiger partial charge in [0.2, 0.25) is 5.91 Å². The number of ether oxygens (including phenoxy) is 2. The molecular formula is C22H23NO5. The van der Waals surface area contributed by atoms with E-state index in [0.717, 1.165) is 21.9 Å². The average molecular weight is 381 g/mol. The first-order chi connectivity index (χ1) is 13.4. The van der Waals surface area contributed by atoms with Gasteiger partial charge in [0.1, 0.15) is 5.41 Å². The lowest BCUT2D eigenvalue weighted by molar-refractivity contribution is -0.175. The third kappa shape index (κ3) is 2.17. The second-order valence-electron chi connectivity index (χ2n) is 7.53. The van der Waals surface area contributed by atoms with E-state index in [4.69, 9.17) is 9.47 Å². The second-order valence-corrected chi connectivity index (χ2v) is 7.53. The molecule has 2 aliphatic rings. The first kappa shape index (κ1) is 18.5. The Morgan fingerprint density at radius 1 is 1.14 bits per heavy atom. The van der Waals surface area contributed by atoms with Crippen molar-refractivity contribution in [2.24, 2.45) is 0 Å². The van der Waals surface area contributed by atoms with E-state index in [-0.39, 0.29) is 31.9 Å². The number of nitrogens with zero attached hydrogens (tertiary/aromatic N) is 1. The largest absolute Gasteiger partial charge is 0.467 e. The Morgan fingerprint density at radius 2 is 1.82 bits per heavy atom. The summed E-state index contributed by atoms with van der Waals surface area (Å²) in [5, 5.41) is 1.99. The summed E-state index contributed by atoms with van der Waals surface area (Å²) in [6, 6.07) is 11.8. The number of esters is 2. The van der Waals surface area contributed by atoms with E-state index in [9.17, 15) is 14.4 Å². The molecule has 2 aromatic rings. The molecule has 0 aliphatic carbocycles. The van der Waals surface area contributed by atoms with Crippen LogP contribution in [-0.4, -0.2) is 42.0 Å². The monoisotopic (exact) mass is 381 g/mol. The van der Waals surface area contributed by atoms with Crippen LogP contribution in [-0.2, 0) is 35.8 Å². The maximum absolute atomic E-state index is 13.3. The van der Waals surface area contributed by atoms with Crippen molar-refractivity contribution in [1.29, 1.82) is 0 Å². The molecule has 1 fully saturated rings. The zero-order valence-electron chi connectivity index (χ0n) is 16.3. The first-order valence-electron chi connectivity index (χ1n) is 9.48. The van der Waals surface area contributed by atoms with Gasteiger partial charge in [0.25, 0.3) is 0 Å². The molecule has 0 bridgehead atoms. The maximum atomic E-state index is 13.3. The first-order valence-corrected chi connectivity index (χ1v) is 9.48. The number of carbonyl (C=O) groups excluding carboxylic acids is 3. The number of rotatable bonds is 3. The van der Waals surface area contributed by atoms with Crippen LogP contribution in [0, 0.1) is 0 Å². The van der Waals surface area contributed by atoms with E-state index in [1.165, 1.54) is 12.0 Å². The Labute approximate surface area is 163 Å². The minimum Gasteiger partial charge on any atom is -0.467 e. The molecule has 2 atom stereocenters. The third-order valence-electron chi connectivity index (χ3n) is 6.34.